The molecule has 1 atom stereocenters. The molecule has 18 heavy (non-hydrogen) atoms. The first kappa shape index (κ1) is 13.3. The van der Waals surface area contributed by atoms with E-state index in [1.807, 2.05) is 6.07 Å². The van der Waals surface area contributed by atoms with E-state index in [4.69, 9.17) is 10.8 Å². The molecule has 1 aliphatic heterocycles. The van der Waals surface area contributed by atoms with Crippen molar-refractivity contribution in [3.05, 3.63) is 29.6 Å². The topological polar surface area (TPSA) is 49.5 Å². The molecular weight excluding hydrogens is 231 g/mol. The molecule has 0 spiro atoms. The monoisotopic (exact) mass is 252 g/mol. The third kappa shape index (κ3) is 2.65. The molecule has 1 fully saturated rings. The minimum Gasteiger partial charge on any atom is -0.396 e. The number of anilines is 1. The molecule has 1 aromatic carbocycles. The van der Waals surface area contributed by atoms with Gasteiger partial charge in [0.05, 0.1) is 0 Å². The van der Waals surface area contributed by atoms with Gasteiger partial charge in [0.1, 0.15) is 5.82 Å². The van der Waals surface area contributed by atoms with Crippen LogP contribution in [-0.4, -0.2) is 24.3 Å². The Morgan fingerprint density at radius 2 is 2.28 bits per heavy atom. The molecule has 0 radical (unpaired) electrons. The van der Waals surface area contributed by atoms with E-state index in [1.54, 1.807) is 6.07 Å². The van der Waals surface area contributed by atoms with E-state index in [9.17, 15) is 4.39 Å². The lowest BCUT2D eigenvalue weighted by Gasteiger charge is -2.28. The molecule has 0 aliphatic carbocycles. The molecule has 4 heteroatoms. The van der Waals surface area contributed by atoms with Crippen LogP contribution < -0.4 is 10.6 Å². The van der Waals surface area contributed by atoms with Crippen LogP contribution >= 0.6 is 0 Å². The maximum absolute atomic E-state index is 13.7. The standard InChI is InChI=1S/C14H21FN2O/c15-13-6-1-7-14(12(13)10-16)17-8-2-4-11(17)5-3-9-18/h1,6-7,11,18H,2-5,8-10,16H2. The highest BCUT2D eigenvalue weighted by molar-refractivity contribution is 5.55. The molecule has 0 saturated carbocycles. The van der Waals surface area contributed by atoms with Gasteiger partial charge in [0.15, 0.2) is 0 Å². The third-order valence-electron chi connectivity index (χ3n) is 3.68. The predicted octanol–water partition coefficient (Wildman–Crippen LogP) is 2.03. The van der Waals surface area contributed by atoms with Crippen molar-refractivity contribution in [3.63, 3.8) is 0 Å². The summed E-state index contributed by atoms with van der Waals surface area (Å²) in [6.45, 7) is 1.40. The average Bonchev–Trinajstić information content (AvgIpc) is 2.84. The summed E-state index contributed by atoms with van der Waals surface area (Å²) in [5.74, 6) is -0.220. The van der Waals surface area contributed by atoms with Gasteiger partial charge in [-0.1, -0.05) is 6.07 Å². The Morgan fingerprint density at radius 3 is 3.00 bits per heavy atom. The van der Waals surface area contributed by atoms with Crippen molar-refractivity contribution in [2.24, 2.45) is 5.73 Å². The van der Waals surface area contributed by atoms with Crippen LogP contribution in [0.25, 0.3) is 0 Å². The molecule has 0 amide bonds. The summed E-state index contributed by atoms with van der Waals surface area (Å²) in [4.78, 5) is 2.25. The van der Waals surface area contributed by atoms with Crippen LogP contribution in [0.4, 0.5) is 10.1 Å². The lowest BCUT2D eigenvalue weighted by atomic mass is 10.1. The van der Waals surface area contributed by atoms with Crippen LogP contribution in [0.3, 0.4) is 0 Å². The van der Waals surface area contributed by atoms with Crippen LogP contribution in [0.1, 0.15) is 31.2 Å². The van der Waals surface area contributed by atoms with Crippen molar-refractivity contribution in [1.82, 2.24) is 0 Å². The molecule has 0 aromatic heterocycles. The van der Waals surface area contributed by atoms with E-state index in [-0.39, 0.29) is 19.0 Å². The number of nitrogens with two attached hydrogens (primary N) is 1. The number of benzene rings is 1. The number of hydrogen-bond acceptors (Lipinski definition) is 3. The van der Waals surface area contributed by atoms with Gasteiger partial charge >= 0.3 is 0 Å². The van der Waals surface area contributed by atoms with E-state index in [0.717, 1.165) is 37.9 Å². The van der Waals surface area contributed by atoms with Crippen molar-refractivity contribution in [2.45, 2.75) is 38.3 Å². The summed E-state index contributed by atoms with van der Waals surface area (Å²) >= 11 is 0. The number of nitrogens with zero attached hydrogens (tertiary/aromatic N) is 1. The van der Waals surface area contributed by atoms with E-state index < -0.39 is 0 Å². The lowest BCUT2D eigenvalue weighted by Crippen LogP contribution is -2.30. The molecule has 3 nitrogen and oxygen atoms in total. The zero-order valence-corrected chi connectivity index (χ0v) is 10.6. The smallest absolute Gasteiger partial charge is 0.129 e. The second-order valence-corrected chi connectivity index (χ2v) is 4.80. The first-order chi connectivity index (χ1) is 8.77. The molecular formula is C14H21FN2O. The number of hydrogen-bond donors (Lipinski definition) is 2. The van der Waals surface area contributed by atoms with Gasteiger partial charge in [-0.3, -0.25) is 0 Å². The van der Waals surface area contributed by atoms with Gasteiger partial charge < -0.3 is 15.7 Å². The van der Waals surface area contributed by atoms with Gasteiger partial charge in [0.2, 0.25) is 0 Å². The zero-order valence-electron chi connectivity index (χ0n) is 10.6. The quantitative estimate of drug-likeness (QED) is 0.843. The van der Waals surface area contributed by atoms with Crippen molar-refractivity contribution >= 4 is 5.69 Å². The molecule has 1 aromatic rings. The van der Waals surface area contributed by atoms with Gasteiger partial charge in [-0.2, -0.15) is 0 Å². The van der Waals surface area contributed by atoms with Crippen LogP contribution in [0.15, 0.2) is 18.2 Å². The number of aliphatic hydroxyl groups is 1. The third-order valence-corrected chi connectivity index (χ3v) is 3.68. The van der Waals surface area contributed by atoms with Crippen molar-refractivity contribution in [2.75, 3.05) is 18.1 Å². The largest absolute Gasteiger partial charge is 0.396 e. The lowest BCUT2D eigenvalue weighted by molar-refractivity contribution is 0.279. The van der Waals surface area contributed by atoms with Crippen LogP contribution in [0, 0.1) is 5.82 Å². The molecule has 100 valence electrons. The number of rotatable bonds is 5. The first-order valence-electron chi connectivity index (χ1n) is 6.63. The fraction of sp³-hybridized carbons (Fsp3) is 0.571. The second kappa shape index (κ2) is 6.16. The predicted molar refractivity (Wildman–Crippen MR) is 71.0 cm³/mol. The number of halogens is 1. The minimum absolute atomic E-state index is 0.219. The Hall–Kier alpha value is -1.13. The van der Waals surface area contributed by atoms with Crippen LogP contribution in [-0.2, 0) is 6.54 Å². The average molecular weight is 252 g/mol. The van der Waals surface area contributed by atoms with E-state index in [1.165, 1.54) is 6.07 Å². The second-order valence-electron chi connectivity index (χ2n) is 4.80. The van der Waals surface area contributed by atoms with Crippen molar-refractivity contribution < 1.29 is 9.50 Å². The normalized spacial score (nSPS) is 19.5. The fourth-order valence-corrected chi connectivity index (χ4v) is 2.80. The van der Waals surface area contributed by atoms with Gasteiger partial charge in [-0.15, -0.1) is 0 Å². The summed E-state index contributed by atoms with van der Waals surface area (Å²) in [6, 6.07) is 5.56. The summed E-state index contributed by atoms with van der Waals surface area (Å²) < 4.78 is 13.7. The first-order valence-corrected chi connectivity index (χ1v) is 6.63. The molecule has 2 rings (SSSR count). The zero-order chi connectivity index (χ0) is 13.0. The Bertz CT molecular complexity index is 397. The molecule has 1 aliphatic rings. The summed E-state index contributed by atoms with van der Waals surface area (Å²) in [5.41, 5.74) is 7.19. The molecule has 1 heterocycles. The summed E-state index contributed by atoms with van der Waals surface area (Å²) in [6.07, 6.45) is 3.99. The van der Waals surface area contributed by atoms with Crippen LogP contribution in [0.2, 0.25) is 0 Å². The highest BCUT2D eigenvalue weighted by Crippen LogP contribution is 2.31. The van der Waals surface area contributed by atoms with E-state index >= 15 is 0 Å². The SMILES string of the molecule is NCc1c(F)cccc1N1CCCC1CCCO. The number of aliphatic hydroxyl groups excluding tert-OH is 1. The van der Waals surface area contributed by atoms with Gasteiger partial charge in [0, 0.05) is 37.0 Å². The maximum atomic E-state index is 13.7. The molecule has 3 N–H and O–H groups in total. The molecule has 1 unspecified atom stereocenters. The van der Waals surface area contributed by atoms with Crippen LogP contribution in [0.5, 0.6) is 0 Å². The Morgan fingerprint density at radius 1 is 1.44 bits per heavy atom. The highest BCUT2D eigenvalue weighted by Gasteiger charge is 2.26. The summed E-state index contributed by atoms with van der Waals surface area (Å²) in [7, 11) is 0. The Balaban J connectivity index is 2.21. The Labute approximate surface area is 107 Å². The molecule has 1 saturated heterocycles. The minimum atomic E-state index is -0.220. The van der Waals surface area contributed by atoms with E-state index in [2.05, 4.69) is 4.90 Å². The molecule has 0 bridgehead atoms. The van der Waals surface area contributed by atoms with Gasteiger partial charge in [-0.25, -0.2) is 4.39 Å². The van der Waals surface area contributed by atoms with E-state index in [0.29, 0.717) is 11.6 Å². The Kier molecular flexibility index (Phi) is 4.55. The maximum Gasteiger partial charge on any atom is 0.129 e. The van der Waals surface area contributed by atoms with Gasteiger partial charge in [0.25, 0.3) is 0 Å². The summed E-state index contributed by atoms with van der Waals surface area (Å²) in [5, 5.41) is 8.93. The van der Waals surface area contributed by atoms with Crippen molar-refractivity contribution in [1.29, 1.82) is 0 Å². The van der Waals surface area contributed by atoms with Gasteiger partial charge in [-0.05, 0) is 37.8 Å². The fourth-order valence-electron chi connectivity index (χ4n) is 2.80. The van der Waals surface area contributed by atoms with Crippen molar-refractivity contribution in [3.8, 4) is 0 Å². The highest BCUT2D eigenvalue weighted by atomic mass is 19.1.